The summed E-state index contributed by atoms with van der Waals surface area (Å²) < 4.78 is 60.0. The minimum absolute atomic E-state index is 0.0583. The van der Waals surface area contributed by atoms with Crippen LogP contribution in [0.25, 0.3) is 0 Å². The number of anilines is 1. The van der Waals surface area contributed by atoms with Gasteiger partial charge in [0.15, 0.2) is 0 Å². The fraction of sp³-hybridized carbons (Fsp3) is 0.400. The third kappa shape index (κ3) is 5.27. The molecule has 4 amide bonds. The van der Waals surface area contributed by atoms with E-state index < -0.39 is 59.7 Å². The van der Waals surface area contributed by atoms with Crippen molar-refractivity contribution in [1.82, 2.24) is 14.8 Å². The molecule has 2 atom stereocenters. The van der Waals surface area contributed by atoms with E-state index in [1.54, 1.807) is 0 Å². The first-order valence-corrected chi connectivity index (χ1v) is 12.4. The van der Waals surface area contributed by atoms with Gasteiger partial charge in [0.05, 0.1) is 30.1 Å². The summed E-state index contributed by atoms with van der Waals surface area (Å²) in [5, 5.41) is 1.99. The highest BCUT2D eigenvalue weighted by Crippen LogP contribution is 2.59. The van der Waals surface area contributed by atoms with Crippen molar-refractivity contribution in [3.8, 4) is 5.88 Å². The van der Waals surface area contributed by atoms with Crippen molar-refractivity contribution in [3.63, 3.8) is 0 Å². The fourth-order valence-corrected chi connectivity index (χ4v) is 4.87. The number of benzene rings is 1. The largest absolute Gasteiger partial charge is 0.480 e. The molecule has 2 aromatic rings. The molecule has 1 aromatic carbocycles. The number of nitrogens with one attached hydrogen (secondary N) is 1. The standard InChI is InChI=1S/C25H24ClF4N5O5/c1-12-10-35(22(38)20(37)33-14-8-15(19(31)36)21(40-2)32-9-14)18(13-3-4-17(27)16(26)7-13)11-34(12)23(39)24(5-6-24)25(28,29)30/h3-4,7-9,12,18H,5-6,10-11H2,1-2H3,(H2,31,36)(H,33,37)/t12-,18-/m1/s1. The second-order valence-corrected chi connectivity index (χ2v) is 10.0. The molecule has 2 heterocycles. The second kappa shape index (κ2) is 10.6. The smallest absolute Gasteiger partial charge is 0.403 e. The summed E-state index contributed by atoms with van der Waals surface area (Å²) >= 11 is 5.92. The van der Waals surface area contributed by atoms with Crippen molar-refractivity contribution in [2.45, 2.75) is 38.0 Å². The van der Waals surface area contributed by atoms with Crippen molar-refractivity contribution in [2.24, 2.45) is 11.1 Å². The highest BCUT2D eigenvalue weighted by molar-refractivity contribution is 6.39. The average molecular weight is 586 g/mol. The van der Waals surface area contributed by atoms with Crippen molar-refractivity contribution < 1.29 is 41.5 Å². The molecule has 0 radical (unpaired) electrons. The summed E-state index contributed by atoms with van der Waals surface area (Å²) in [5.41, 5.74) is 2.79. The number of rotatable bonds is 5. The maximum Gasteiger partial charge on any atom is 0.403 e. The van der Waals surface area contributed by atoms with Gasteiger partial charge in [0.1, 0.15) is 16.8 Å². The van der Waals surface area contributed by atoms with Gasteiger partial charge in [-0.1, -0.05) is 17.7 Å². The van der Waals surface area contributed by atoms with Gasteiger partial charge >= 0.3 is 18.0 Å². The topological polar surface area (TPSA) is 135 Å². The van der Waals surface area contributed by atoms with E-state index in [9.17, 15) is 36.7 Å². The van der Waals surface area contributed by atoms with E-state index in [0.717, 1.165) is 28.1 Å². The Morgan fingerprint density at radius 3 is 2.38 bits per heavy atom. The van der Waals surface area contributed by atoms with Crippen LogP contribution in [0.3, 0.4) is 0 Å². The number of primary amides is 1. The Labute approximate surface area is 230 Å². The number of methoxy groups -OCH3 is 1. The van der Waals surface area contributed by atoms with Crippen molar-refractivity contribution in [1.29, 1.82) is 0 Å². The zero-order valence-electron chi connectivity index (χ0n) is 21.2. The molecule has 1 aliphatic heterocycles. The van der Waals surface area contributed by atoms with E-state index in [1.165, 1.54) is 26.2 Å². The van der Waals surface area contributed by atoms with Crippen molar-refractivity contribution >= 4 is 40.9 Å². The van der Waals surface area contributed by atoms with Crippen LogP contribution in [0.2, 0.25) is 5.02 Å². The lowest BCUT2D eigenvalue weighted by Crippen LogP contribution is -2.60. The molecule has 1 saturated carbocycles. The van der Waals surface area contributed by atoms with Crippen LogP contribution in [-0.2, 0) is 14.4 Å². The number of pyridine rings is 1. The maximum absolute atomic E-state index is 13.9. The van der Waals surface area contributed by atoms with Crippen LogP contribution in [0, 0.1) is 11.2 Å². The molecular weight excluding hydrogens is 562 g/mol. The first-order valence-electron chi connectivity index (χ1n) is 12.0. The first kappa shape index (κ1) is 29.1. The SMILES string of the molecule is COc1ncc(NC(=O)C(=O)N2C[C@@H](C)N(C(=O)C3(C(F)(F)F)CC3)C[C@@H]2c2ccc(F)c(Cl)c2)cc1C(N)=O. The molecule has 4 rings (SSSR count). The van der Waals surface area contributed by atoms with Crippen LogP contribution < -0.4 is 15.8 Å². The highest BCUT2D eigenvalue weighted by atomic mass is 35.5. The maximum atomic E-state index is 13.9. The number of aromatic nitrogens is 1. The van der Waals surface area contributed by atoms with Gasteiger partial charge in [-0.05, 0) is 43.5 Å². The molecule has 15 heteroatoms. The monoisotopic (exact) mass is 585 g/mol. The Kier molecular flexibility index (Phi) is 7.67. The molecule has 10 nitrogen and oxygen atoms in total. The van der Waals surface area contributed by atoms with E-state index in [2.05, 4.69) is 10.3 Å². The lowest BCUT2D eigenvalue weighted by molar-refractivity contribution is -0.201. The van der Waals surface area contributed by atoms with E-state index in [0.29, 0.717) is 0 Å². The number of carbonyl (C=O) groups excluding carboxylic acids is 4. The van der Waals surface area contributed by atoms with Gasteiger partial charge in [0, 0.05) is 19.1 Å². The summed E-state index contributed by atoms with van der Waals surface area (Å²) in [5.74, 6) is -5.16. The molecule has 1 aliphatic carbocycles. The molecule has 0 bridgehead atoms. The van der Waals surface area contributed by atoms with E-state index >= 15 is 0 Å². The Hall–Kier alpha value is -3.94. The van der Waals surface area contributed by atoms with Crippen LogP contribution in [0.15, 0.2) is 30.5 Å². The molecule has 1 aromatic heterocycles. The van der Waals surface area contributed by atoms with Gasteiger partial charge in [0.25, 0.3) is 5.91 Å². The molecule has 2 aliphatic rings. The minimum Gasteiger partial charge on any atom is -0.480 e. The van der Waals surface area contributed by atoms with Crippen molar-refractivity contribution in [2.75, 3.05) is 25.5 Å². The van der Waals surface area contributed by atoms with Crippen molar-refractivity contribution in [3.05, 3.63) is 52.4 Å². The van der Waals surface area contributed by atoms with E-state index in [-0.39, 0.29) is 47.1 Å². The van der Waals surface area contributed by atoms with Crippen LogP contribution in [0.4, 0.5) is 23.2 Å². The lowest BCUT2D eigenvalue weighted by Gasteiger charge is -2.46. The highest BCUT2D eigenvalue weighted by Gasteiger charge is 2.70. The zero-order valence-corrected chi connectivity index (χ0v) is 22.0. The van der Waals surface area contributed by atoms with Crippen LogP contribution in [0.1, 0.15) is 41.7 Å². The predicted octanol–water partition coefficient (Wildman–Crippen LogP) is 3.06. The Morgan fingerprint density at radius 1 is 1.15 bits per heavy atom. The molecule has 1 saturated heterocycles. The number of amides is 4. The number of halogens is 5. The number of hydrogen-bond acceptors (Lipinski definition) is 6. The number of piperazine rings is 1. The zero-order chi connectivity index (χ0) is 29.6. The third-order valence-electron chi connectivity index (χ3n) is 7.05. The summed E-state index contributed by atoms with van der Waals surface area (Å²) in [6, 6.07) is 2.60. The first-order chi connectivity index (χ1) is 18.7. The third-order valence-corrected chi connectivity index (χ3v) is 7.34. The van der Waals surface area contributed by atoms with Crippen LogP contribution in [-0.4, -0.2) is 70.8 Å². The summed E-state index contributed by atoms with van der Waals surface area (Å²) in [4.78, 5) is 57.1. The normalized spacial score (nSPS) is 20.1. The van der Waals surface area contributed by atoms with E-state index in [1.807, 2.05) is 0 Å². The average Bonchev–Trinajstić information content (AvgIpc) is 3.72. The van der Waals surface area contributed by atoms with Crippen LogP contribution in [0.5, 0.6) is 5.88 Å². The van der Waals surface area contributed by atoms with Gasteiger partial charge in [-0.3, -0.25) is 19.2 Å². The predicted molar refractivity (Wildman–Crippen MR) is 133 cm³/mol. The van der Waals surface area contributed by atoms with Gasteiger partial charge in [0.2, 0.25) is 11.8 Å². The lowest BCUT2D eigenvalue weighted by atomic mass is 9.96. The van der Waals surface area contributed by atoms with Gasteiger partial charge in [-0.25, -0.2) is 9.37 Å². The van der Waals surface area contributed by atoms with E-state index in [4.69, 9.17) is 22.1 Å². The number of carbonyl (C=O) groups is 4. The molecule has 214 valence electrons. The van der Waals surface area contributed by atoms with Gasteiger partial charge in [-0.15, -0.1) is 0 Å². The number of ether oxygens (including phenoxy) is 1. The molecule has 2 fully saturated rings. The Morgan fingerprint density at radius 2 is 1.82 bits per heavy atom. The Bertz CT molecular complexity index is 1380. The summed E-state index contributed by atoms with van der Waals surface area (Å²) in [7, 11) is 1.25. The molecular formula is C25H24ClF4N5O5. The molecule has 3 N–H and O–H groups in total. The number of nitrogens with two attached hydrogens (primary N) is 1. The minimum atomic E-state index is -4.75. The van der Waals surface area contributed by atoms with Gasteiger partial charge in [-0.2, -0.15) is 13.2 Å². The molecule has 40 heavy (non-hydrogen) atoms. The molecule has 0 unspecified atom stereocenters. The number of alkyl halides is 3. The van der Waals surface area contributed by atoms with Crippen LogP contribution >= 0.6 is 11.6 Å². The number of nitrogens with zero attached hydrogens (tertiary/aromatic N) is 3. The Balaban J connectivity index is 1.64. The molecule has 0 spiro atoms. The fourth-order valence-electron chi connectivity index (χ4n) is 4.68. The summed E-state index contributed by atoms with van der Waals surface area (Å²) in [6.45, 7) is 0.761. The van der Waals surface area contributed by atoms with Gasteiger partial charge < -0.3 is 25.6 Å². The quantitative estimate of drug-likeness (QED) is 0.409. The summed E-state index contributed by atoms with van der Waals surface area (Å²) in [6.07, 6.45) is -4.32. The second-order valence-electron chi connectivity index (χ2n) is 9.63. The number of hydrogen-bond donors (Lipinski definition) is 2.